The van der Waals surface area contributed by atoms with Gasteiger partial charge in [0.25, 0.3) is 0 Å². The van der Waals surface area contributed by atoms with Crippen molar-refractivity contribution in [3.05, 3.63) is 12.1 Å². The first kappa shape index (κ1) is 15.6. The van der Waals surface area contributed by atoms with E-state index in [2.05, 4.69) is 41.2 Å². The van der Waals surface area contributed by atoms with Gasteiger partial charge in [-0.1, -0.05) is 0 Å². The maximum absolute atomic E-state index is 12.2. The van der Waals surface area contributed by atoms with Crippen LogP contribution >= 0.6 is 0 Å². The van der Waals surface area contributed by atoms with Crippen LogP contribution in [0.15, 0.2) is 17.2 Å². The van der Waals surface area contributed by atoms with Gasteiger partial charge in [-0.05, 0) is 22.6 Å². The Kier molecular flexibility index (Phi) is 3.93. The van der Waals surface area contributed by atoms with Crippen LogP contribution in [-0.4, -0.2) is 69.2 Å². The van der Waals surface area contributed by atoms with Crippen LogP contribution in [-0.2, 0) is 19.1 Å². The molecule has 0 saturated carbocycles. The molecule has 0 aliphatic carbocycles. The Morgan fingerprint density at radius 3 is 2.96 bits per heavy atom. The Morgan fingerprint density at radius 1 is 1.38 bits per heavy atom. The average Bonchev–Trinajstić information content (AvgIpc) is 3.25. The van der Waals surface area contributed by atoms with Crippen LogP contribution in [0.2, 0.25) is 0 Å². The Labute approximate surface area is 135 Å². The van der Waals surface area contributed by atoms with Crippen molar-refractivity contribution in [2.75, 3.05) is 26.1 Å². The maximum atomic E-state index is 12.2. The second-order valence-electron chi connectivity index (χ2n) is 5.01. The predicted molar refractivity (Wildman–Crippen MR) is 79.0 cm³/mol. The number of nitrogens with zero attached hydrogens (tertiary/aromatic N) is 6. The summed E-state index contributed by atoms with van der Waals surface area (Å²) in [4.78, 5) is 23.8. The van der Waals surface area contributed by atoms with E-state index >= 15 is 0 Å². The Morgan fingerprint density at radius 2 is 2.21 bits per heavy atom. The van der Waals surface area contributed by atoms with Gasteiger partial charge in [0.15, 0.2) is 11.2 Å². The van der Waals surface area contributed by atoms with Crippen molar-refractivity contribution in [1.29, 1.82) is 0 Å². The van der Waals surface area contributed by atoms with Gasteiger partial charge in [-0.15, -0.1) is 14.8 Å². The molecule has 2 aromatic heterocycles. The summed E-state index contributed by atoms with van der Waals surface area (Å²) in [6.45, 7) is 0.0737. The molecule has 2 aromatic rings. The molecule has 126 valence electrons. The van der Waals surface area contributed by atoms with Crippen molar-refractivity contribution < 1.29 is 19.1 Å². The minimum Gasteiger partial charge on any atom is -0.467 e. The van der Waals surface area contributed by atoms with Gasteiger partial charge in [-0.3, -0.25) is 5.43 Å². The third-order valence-electron chi connectivity index (χ3n) is 3.51. The minimum absolute atomic E-state index is 0.0203. The van der Waals surface area contributed by atoms with Gasteiger partial charge in [0.1, 0.15) is 11.5 Å². The lowest BCUT2D eigenvalue weighted by Crippen LogP contribution is -2.53. The zero-order valence-electron chi connectivity index (χ0n) is 12.9. The number of hydrogen-bond donors (Lipinski definition) is 2. The van der Waals surface area contributed by atoms with E-state index in [1.807, 2.05) is 0 Å². The lowest BCUT2D eigenvalue weighted by atomic mass is 9.94. The number of carbonyl (C=O) groups is 2. The van der Waals surface area contributed by atoms with E-state index in [9.17, 15) is 9.59 Å². The molecule has 1 unspecified atom stereocenters. The van der Waals surface area contributed by atoms with Gasteiger partial charge < -0.3 is 14.8 Å². The van der Waals surface area contributed by atoms with Gasteiger partial charge in [0.05, 0.1) is 20.8 Å². The van der Waals surface area contributed by atoms with Gasteiger partial charge >= 0.3 is 11.9 Å². The first-order chi connectivity index (χ1) is 11.6. The maximum Gasteiger partial charge on any atom is 0.354 e. The van der Waals surface area contributed by atoms with Crippen molar-refractivity contribution in [3.8, 4) is 0 Å². The first-order valence-electron chi connectivity index (χ1n) is 6.88. The summed E-state index contributed by atoms with van der Waals surface area (Å²) < 4.78 is 10.7. The molecule has 2 N–H and O–H groups in total. The zero-order valence-corrected chi connectivity index (χ0v) is 12.9. The fraction of sp³-hybridized carbons (Fsp3) is 0.417. The highest BCUT2D eigenvalue weighted by molar-refractivity contribution is 6.37. The van der Waals surface area contributed by atoms with Crippen LogP contribution in [0.25, 0.3) is 5.65 Å². The highest BCUT2D eigenvalue weighted by Gasteiger charge is 2.46. The SMILES string of the molecule is COC(=O)C1=NNC(CNc2ccc3nnnn3n2)(C(=O)OC)C1. The number of hydrogen-bond acceptors (Lipinski definition) is 11. The topological polar surface area (TPSA) is 145 Å². The van der Waals surface area contributed by atoms with Crippen molar-refractivity contribution in [2.24, 2.45) is 5.10 Å². The number of rotatable bonds is 5. The fourth-order valence-electron chi connectivity index (χ4n) is 2.25. The number of hydrazone groups is 1. The molecular weight excluding hydrogens is 320 g/mol. The number of anilines is 1. The molecule has 0 radical (unpaired) electrons. The molecule has 1 aliphatic rings. The number of fused-ring (bicyclic) bond motifs is 1. The summed E-state index contributed by atoms with van der Waals surface area (Å²) in [6.07, 6.45) is 0.0203. The summed E-state index contributed by atoms with van der Waals surface area (Å²) in [7, 11) is 2.50. The number of tetrazole rings is 1. The third-order valence-corrected chi connectivity index (χ3v) is 3.51. The highest BCUT2D eigenvalue weighted by Crippen LogP contribution is 2.21. The smallest absolute Gasteiger partial charge is 0.354 e. The molecule has 0 fully saturated rings. The van der Waals surface area contributed by atoms with Gasteiger partial charge in [-0.25, -0.2) is 9.59 Å². The molecule has 0 aromatic carbocycles. The molecule has 1 atom stereocenters. The number of nitrogens with one attached hydrogen (secondary N) is 2. The summed E-state index contributed by atoms with van der Waals surface area (Å²) >= 11 is 0. The largest absolute Gasteiger partial charge is 0.467 e. The fourth-order valence-corrected chi connectivity index (χ4v) is 2.25. The molecule has 0 saturated heterocycles. The van der Waals surface area contributed by atoms with E-state index in [1.54, 1.807) is 12.1 Å². The van der Waals surface area contributed by atoms with E-state index in [4.69, 9.17) is 4.74 Å². The van der Waals surface area contributed by atoms with Crippen molar-refractivity contribution in [3.63, 3.8) is 0 Å². The van der Waals surface area contributed by atoms with Crippen LogP contribution in [0, 0.1) is 0 Å². The average molecular weight is 334 g/mol. The predicted octanol–water partition coefficient (Wildman–Crippen LogP) is -1.63. The molecule has 12 heteroatoms. The second kappa shape index (κ2) is 6.06. The minimum atomic E-state index is -1.24. The third kappa shape index (κ3) is 2.68. The second-order valence-corrected chi connectivity index (χ2v) is 5.01. The number of ether oxygens (including phenoxy) is 2. The summed E-state index contributed by atoms with van der Waals surface area (Å²) in [5.41, 5.74) is 2.01. The van der Waals surface area contributed by atoms with E-state index < -0.39 is 17.5 Å². The van der Waals surface area contributed by atoms with E-state index in [0.717, 1.165) is 0 Å². The van der Waals surface area contributed by atoms with E-state index in [1.165, 1.54) is 18.8 Å². The van der Waals surface area contributed by atoms with Crippen molar-refractivity contribution in [2.45, 2.75) is 12.0 Å². The van der Waals surface area contributed by atoms with Crippen LogP contribution in [0.4, 0.5) is 5.82 Å². The number of aromatic nitrogens is 5. The van der Waals surface area contributed by atoms with Gasteiger partial charge in [0.2, 0.25) is 0 Å². The van der Waals surface area contributed by atoms with Crippen LogP contribution < -0.4 is 10.7 Å². The van der Waals surface area contributed by atoms with Crippen molar-refractivity contribution >= 4 is 29.1 Å². The molecular formula is C12H14N8O4. The molecule has 1 aliphatic heterocycles. The van der Waals surface area contributed by atoms with Crippen LogP contribution in [0.3, 0.4) is 0 Å². The molecule has 0 bridgehead atoms. The molecule has 24 heavy (non-hydrogen) atoms. The summed E-state index contributed by atoms with van der Waals surface area (Å²) in [6, 6.07) is 3.33. The lowest BCUT2D eigenvalue weighted by Gasteiger charge is -2.25. The molecule has 0 spiro atoms. The molecule has 0 amide bonds. The standard InChI is InChI=1S/C12H14N8O4/c1-23-10(21)7-5-12(17-14-7,11(22)24-2)6-13-8-3-4-9-15-18-19-20(9)16-8/h3-4,17H,5-6H2,1-2H3,(H,13,16). The van der Waals surface area contributed by atoms with Crippen LogP contribution in [0.1, 0.15) is 6.42 Å². The normalized spacial score (nSPS) is 19.5. The van der Waals surface area contributed by atoms with E-state index in [0.29, 0.717) is 11.5 Å². The van der Waals surface area contributed by atoms with E-state index in [-0.39, 0.29) is 18.7 Å². The number of esters is 2. The molecule has 3 rings (SSSR count). The number of methoxy groups -OCH3 is 2. The summed E-state index contributed by atoms with van der Waals surface area (Å²) in [5, 5.41) is 21.9. The quantitative estimate of drug-likeness (QED) is 0.611. The highest BCUT2D eigenvalue weighted by atomic mass is 16.5. The lowest BCUT2D eigenvalue weighted by molar-refractivity contribution is -0.147. The van der Waals surface area contributed by atoms with Gasteiger partial charge in [0, 0.05) is 6.42 Å². The first-order valence-corrected chi connectivity index (χ1v) is 6.88. The van der Waals surface area contributed by atoms with Gasteiger partial charge in [-0.2, -0.15) is 5.10 Å². The monoisotopic (exact) mass is 334 g/mol. The number of carbonyl (C=O) groups excluding carboxylic acids is 2. The molecule has 3 heterocycles. The summed E-state index contributed by atoms with van der Waals surface area (Å²) in [5.74, 6) is -0.742. The zero-order chi connectivity index (χ0) is 17.2. The van der Waals surface area contributed by atoms with Crippen LogP contribution in [0.5, 0.6) is 0 Å². The van der Waals surface area contributed by atoms with Crippen molar-refractivity contribution in [1.82, 2.24) is 30.7 Å². The Bertz CT molecular complexity index is 818. The Balaban J connectivity index is 1.76. The molecule has 12 nitrogen and oxygen atoms in total. The Hall–Kier alpha value is -3.31.